The van der Waals surface area contributed by atoms with Crippen molar-refractivity contribution in [3.05, 3.63) is 11.9 Å². The van der Waals surface area contributed by atoms with E-state index in [1.165, 1.54) is 27.5 Å². The molecule has 170 valence electrons. The first kappa shape index (κ1) is 23.0. The van der Waals surface area contributed by atoms with Crippen LogP contribution in [0, 0.1) is 0 Å². The summed E-state index contributed by atoms with van der Waals surface area (Å²) in [6, 6.07) is -1.49. The van der Waals surface area contributed by atoms with Gasteiger partial charge in [-0.1, -0.05) is 5.21 Å². The van der Waals surface area contributed by atoms with Crippen molar-refractivity contribution < 1.29 is 28.7 Å². The molecule has 0 bridgehead atoms. The molecule has 0 radical (unpaired) electrons. The Kier molecular flexibility index (Phi) is 6.30. The molecular weight excluding hydrogens is 426 g/mol. The molecule has 3 rings (SSSR count). The van der Waals surface area contributed by atoms with Crippen molar-refractivity contribution in [2.45, 2.75) is 75.4 Å². The third kappa shape index (κ3) is 5.00. The number of aryl methyl sites for hydroxylation is 1. The molecule has 0 aliphatic carbocycles. The summed E-state index contributed by atoms with van der Waals surface area (Å²) in [5.74, 6) is -0.823. The number of ether oxygens (including phenoxy) is 2. The monoisotopic (exact) mass is 453 g/mol. The van der Waals surface area contributed by atoms with E-state index in [4.69, 9.17) is 9.47 Å². The lowest BCUT2D eigenvalue weighted by Crippen LogP contribution is -2.71. The standard InChI is InChI=1S/C19H27N5O6S/c1-18(2,3)30-17(28)20-12-14(26)24-13(19(4,5)31-15(12)24)16(27)29-8-6-7-23-9-11(10-25)21-22-23/h9-10,12-13,15H,6-8H2,1-5H3,(H,20,28)/t12-,13?,15-/m1/s1. The Labute approximate surface area is 184 Å². The number of carbonyl (C=O) groups is 4. The Bertz CT molecular complexity index is 879. The fourth-order valence-electron chi connectivity index (χ4n) is 3.52. The summed E-state index contributed by atoms with van der Waals surface area (Å²) in [5, 5.41) is 9.70. The van der Waals surface area contributed by atoms with Crippen LogP contribution in [0.2, 0.25) is 0 Å². The minimum atomic E-state index is -0.750. The lowest BCUT2D eigenvalue weighted by atomic mass is 9.96. The Morgan fingerprint density at radius 2 is 2.06 bits per heavy atom. The molecule has 1 unspecified atom stereocenters. The van der Waals surface area contributed by atoms with E-state index in [0.29, 0.717) is 19.3 Å². The number of fused-ring (bicyclic) bond motifs is 1. The van der Waals surface area contributed by atoms with E-state index in [1.54, 1.807) is 20.8 Å². The molecule has 2 saturated heterocycles. The third-order valence-electron chi connectivity index (χ3n) is 4.79. The molecule has 0 aromatic carbocycles. The van der Waals surface area contributed by atoms with Gasteiger partial charge in [0.1, 0.15) is 28.8 Å². The Balaban J connectivity index is 1.53. The number of nitrogens with zero attached hydrogens (tertiary/aromatic N) is 4. The van der Waals surface area contributed by atoms with Crippen LogP contribution in [0.25, 0.3) is 0 Å². The van der Waals surface area contributed by atoms with Gasteiger partial charge >= 0.3 is 12.1 Å². The molecule has 2 fully saturated rings. The van der Waals surface area contributed by atoms with Crippen LogP contribution in [0.3, 0.4) is 0 Å². The van der Waals surface area contributed by atoms with Crippen LogP contribution < -0.4 is 5.32 Å². The predicted octanol–water partition coefficient (Wildman–Crippen LogP) is 0.980. The number of aromatic nitrogens is 3. The van der Waals surface area contributed by atoms with Gasteiger partial charge in [-0.2, -0.15) is 0 Å². The number of aldehydes is 1. The Morgan fingerprint density at radius 1 is 1.35 bits per heavy atom. The quantitative estimate of drug-likeness (QED) is 0.278. The molecule has 2 amide bonds. The maximum atomic E-state index is 12.8. The number of esters is 1. The lowest BCUT2D eigenvalue weighted by molar-refractivity contribution is -0.163. The van der Waals surface area contributed by atoms with E-state index in [0.717, 1.165) is 0 Å². The van der Waals surface area contributed by atoms with E-state index in [9.17, 15) is 19.2 Å². The van der Waals surface area contributed by atoms with Gasteiger partial charge in [0.2, 0.25) is 5.91 Å². The summed E-state index contributed by atoms with van der Waals surface area (Å²) in [6.45, 7) is 9.54. The second-order valence-electron chi connectivity index (χ2n) is 8.93. The van der Waals surface area contributed by atoms with Gasteiger partial charge in [-0.05, 0) is 34.6 Å². The lowest BCUT2D eigenvalue weighted by Gasteiger charge is -2.43. The highest BCUT2D eigenvalue weighted by Gasteiger charge is 2.64. The highest BCUT2D eigenvalue weighted by molar-refractivity contribution is 8.01. The van der Waals surface area contributed by atoms with Gasteiger partial charge in [-0.25, -0.2) is 9.59 Å². The largest absolute Gasteiger partial charge is 0.464 e. The second-order valence-corrected chi connectivity index (χ2v) is 10.7. The number of β-lactam (4-membered cyclic amide) rings is 1. The van der Waals surface area contributed by atoms with Gasteiger partial charge in [0.05, 0.1) is 12.8 Å². The summed E-state index contributed by atoms with van der Waals surface area (Å²) in [6.07, 6.45) is 1.93. The number of alkyl carbamates (subject to hydrolysis) is 1. The first-order chi connectivity index (χ1) is 14.4. The molecule has 11 nitrogen and oxygen atoms in total. The van der Waals surface area contributed by atoms with Gasteiger partial charge in [0, 0.05) is 17.7 Å². The first-order valence-corrected chi connectivity index (χ1v) is 10.8. The number of hydrogen-bond acceptors (Lipinski definition) is 9. The molecule has 3 atom stereocenters. The predicted molar refractivity (Wildman–Crippen MR) is 110 cm³/mol. The summed E-state index contributed by atoms with van der Waals surface area (Å²) in [7, 11) is 0. The van der Waals surface area contributed by atoms with Gasteiger partial charge in [0.15, 0.2) is 6.29 Å². The molecule has 2 aliphatic rings. The average Bonchev–Trinajstić information content (AvgIpc) is 3.21. The average molecular weight is 454 g/mol. The number of rotatable bonds is 7. The summed E-state index contributed by atoms with van der Waals surface area (Å²) >= 11 is 1.45. The Morgan fingerprint density at radius 3 is 2.68 bits per heavy atom. The molecule has 1 aromatic heterocycles. The summed E-state index contributed by atoms with van der Waals surface area (Å²) in [4.78, 5) is 49.6. The van der Waals surface area contributed by atoms with Crippen molar-refractivity contribution in [2.75, 3.05) is 6.61 Å². The molecule has 3 heterocycles. The van der Waals surface area contributed by atoms with Crippen LogP contribution in [-0.4, -0.2) is 78.6 Å². The van der Waals surface area contributed by atoms with Crippen molar-refractivity contribution in [3.8, 4) is 0 Å². The fraction of sp³-hybridized carbons (Fsp3) is 0.684. The van der Waals surface area contributed by atoms with E-state index < -0.39 is 34.5 Å². The van der Waals surface area contributed by atoms with Gasteiger partial charge < -0.3 is 19.7 Å². The van der Waals surface area contributed by atoms with Gasteiger partial charge in [-0.3, -0.25) is 14.3 Å². The van der Waals surface area contributed by atoms with Crippen LogP contribution in [0.15, 0.2) is 6.20 Å². The van der Waals surface area contributed by atoms with E-state index in [2.05, 4.69) is 15.6 Å². The number of hydrogen-bond donors (Lipinski definition) is 1. The van der Waals surface area contributed by atoms with E-state index in [1.807, 2.05) is 13.8 Å². The molecule has 2 aliphatic heterocycles. The molecule has 1 aromatic rings. The molecule has 0 saturated carbocycles. The minimum Gasteiger partial charge on any atom is -0.464 e. The van der Waals surface area contributed by atoms with Crippen LogP contribution in [0.1, 0.15) is 51.5 Å². The third-order valence-corrected chi connectivity index (χ3v) is 6.36. The van der Waals surface area contributed by atoms with Crippen molar-refractivity contribution >= 4 is 36.0 Å². The zero-order valence-electron chi connectivity index (χ0n) is 18.2. The second kappa shape index (κ2) is 8.48. The van der Waals surface area contributed by atoms with E-state index >= 15 is 0 Å². The fourth-order valence-corrected chi connectivity index (χ4v) is 5.14. The first-order valence-electron chi connectivity index (χ1n) is 9.94. The Hall–Kier alpha value is -2.63. The van der Waals surface area contributed by atoms with Crippen LogP contribution in [-0.2, 0) is 25.6 Å². The zero-order valence-corrected chi connectivity index (χ0v) is 19.0. The summed E-state index contributed by atoms with van der Waals surface area (Å²) < 4.78 is 11.6. The summed E-state index contributed by atoms with van der Waals surface area (Å²) in [5.41, 5.74) is -0.440. The molecule has 31 heavy (non-hydrogen) atoms. The number of thioether (sulfide) groups is 1. The van der Waals surface area contributed by atoms with Gasteiger partial charge in [0.25, 0.3) is 0 Å². The van der Waals surface area contributed by atoms with Crippen molar-refractivity contribution in [1.29, 1.82) is 0 Å². The van der Waals surface area contributed by atoms with Crippen molar-refractivity contribution in [3.63, 3.8) is 0 Å². The molecule has 0 spiro atoms. The molecule has 1 N–H and O–H groups in total. The normalized spacial score (nSPS) is 24.2. The molecule has 12 heteroatoms. The molecular formula is C19H27N5O6S. The van der Waals surface area contributed by atoms with Gasteiger partial charge in [-0.15, -0.1) is 16.9 Å². The van der Waals surface area contributed by atoms with E-state index in [-0.39, 0.29) is 23.6 Å². The van der Waals surface area contributed by atoms with Crippen molar-refractivity contribution in [1.82, 2.24) is 25.2 Å². The number of amides is 2. The maximum absolute atomic E-state index is 12.8. The SMILES string of the molecule is CC(C)(C)OC(=O)N[C@@H]1C(=O)N2C(C(=O)OCCCn3cc(C=O)nn3)C(C)(C)S[C@H]12. The van der Waals surface area contributed by atoms with Crippen LogP contribution in [0.5, 0.6) is 0 Å². The van der Waals surface area contributed by atoms with Crippen LogP contribution in [0.4, 0.5) is 4.79 Å². The maximum Gasteiger partial charge on any atom is 0.408 e. The highest BCUT2D eigenvalue weighted by Crippen LogP contribution is 2.51. The van der Waals surface area contributed by atoms with Crippen molar-refractivity contribution in [2.24, 2.45) is 0 Å². The number of nitrogens with one attached hydrogen (secondary N) is 1. The van der Waals surface area contributed by atoms with Crippen LogP contribution >= 0.6 is 11.8 Å². The highest BCUT2D eigenvalue weighted by atomic mass is 32.2. The minimum absolute atomic E-state index is 0.138. The zero-order chi connectivity index (χ0) is 23.0. The topological polar surface area (TPSA) is 133 Å². The number of carbonyl (C=O) groups excluding carboxylic acids is 4. The smallest absolute Gasteiger partial charge is 0.408 e.